The van der Waals surface area contributed by atoms with Crippen LogP contribution in [0.3, 0.4) is 0 Å². The molecule has 1 aromatic heterocycles. The molecule has 15 heavy (non-hydrogen) atoms. The van der Waals surface area contributed by atoms with Gasteiger partial charge in [0.1, 0.15) is 0 Å². The van der Waals surface area contributed by atoms with Crippen LogP contribution in [0.15, 0.2) is 0 Å². The Hall–Kier alpha value is -0.540. The first-order valence-electron chi connectivity index (χ1n) is 5.37. The minimum absolute atomic E-state index is 0.0733. The fraction of sp³-hybridized carbons (Fsp3) is 0.727. The van der Waals surface area contributed by atoms with E-state index in [4.69, 9.17) is 11.6 Å². The second kappa shape index (κ2) is 3.80. The molecule has 1 fully saturated rings. The molecule has 1 heterocycles. The van der Waals surface area contributed by atoms with Crippen molar-refractivity contribution in [3.05, 3.63) is 16.4 Å². The molecule has 0 bridgehead atoms. The topological polar surface area (TPSA) is 38.0 Å². The maximum atomic E-state index is 9.41. The third-order valence-electron chi connectivity index (χ3n) is 3.55. The van der Waals surface area contributed by atoms with E-state index in [2.05, 4.69) is 5.10 Å². The summed E-state index contributed by atoms with van der Waals surface area (Å²) in [6.07, 6.45) is 4.27. The van der Waals surface area contributed by atoms with Gasteiger partial charge < -0.3 is 5.11 Å². The van der Waals surface area contributed by atoms with Crippen molar-refractivity contribution in [1.29, 1.82) is 0 Å². The molecule has 1 saturated carbocycles. The first-order chi connectivity index (χ1) is 7.08. The third kappa shape index (κ3) is 1.79. The van der Waals surface area contributed by atoms with Crippen LogP contribution < -0.4 is 0 Å². The molecule has 3 nitrogen and oxygen atoms in total. The van der Waals surface area contributed by atoms with Crippen LogP contribution in [0.4, 0.5) is 0 Å². The lowest BCUT2D eigenvalue weighted by molar-refractivity contribution is 0.0433. The van der Waals surface area contributed by atoms with Gasteiger partial charge in [0.15, 0.2) is 0 Å². The molecule has 2 rings (SSSR count). The predicted molar refractivity (Wildman–Crippen MR) is 60.0 cm³/mol. The van der Waals surface area contributed by atoms with Crippen LogP contribution in [0, 0.1) is 12.3 Å². The highest BCUT2D eigenvalue weighted by atomic mass is 35.5. The summed E-state index contributed by atoms with van der Waals surface area (Å²) < 4.78 is 1.84. The van der Waals surface area contributed by atoms with Crippen molar-refractivity contribution in [1.82, 2.24) is 9.78 Å². The van der Waals surface area contributed by atoms with E-state index in [0.717, 1.165) is 35.7 Å². The Morgan fingerprint density at radius 1 is 1.53 bits per heavy atom. The fourth-order valence-corrected chi connectivity index (χ4v) is 2.52. The van der Waals surface area contributed by atoms with Crippen LogP contribution >= 0.6 is 11.6 Å². The van der Waals surface area contributed by atoms with Crippen molar-refractivity contribution >= 4 is 11.6 Å². The molecule has 0 saturated heterocycles. The second-order valence-corrected chi connectivity index (χ2v) is 5.04. The molecule has 0 amide bonds. The average molecular weight is 229 g/mol. The number of rotatable bonds is 3. The van der Waals surface area contributed by atoms with Crippen LogP contribution in [0.25, 0.3) is 0 Å². The van der Waals surface area contributed by atoms with E-state index in [9.17, 15) is 5.11 Å². The average Bonchev–Trinajstić information content (AvgIpc) is 2.37. The van der Waals surface area contributed by atoms with Crippen LogP contribution in [-0.4, -0.2) is 21.5 Å². The Balaban J connectivity index is 2.23. The van der Waals surface area contributed by atoms with Crippen molar-refractivity contribution in [2.75, 3.05) is 6.61 Å². The summed E-state index contributed by atoms with van der Waals surface area (Å²) in [5, 5.41) is 14.5. The number of aliphatic hydroxyl groups excluding tert-OH is 1. The van der Waals surface area contributed by atoms with Crippen molar-refractivity contribution < 1.29 is 5.11 Å². The summed E-state index contributed by atoms with van der Waals surface area (Å²) in [4.78, 5) is 0. The van der Waals surface area contributed by atoms with Crippen molar-refractivity contribution in [2.24, 2.45) is 12.5 Å². The smallest absolute Gasteiger partial charge is 0.0847 e. The molecule has 0 radical (unpaired) electrons. The van der Waals surface area contributed by atoms with Crippen LogP contribution in [0.5, 0.6) is 0 Å². The number of nitrogens with zero attached hydrogens (tertiary/aromatic N) is 2. The van der Waals surface area contributed by atoms with Gasteiger partial charge in [0.05, 0.1) is 16.4 Å². The fourth-order valence-electron chi connectivity index (χ4n) is 2.29. The van der Waals surface area contributed by atoms with Gasteiger partial charge in [-0.15, -0.1) is 0 Å². The van der Waals surface area contributed by atoms with Gasteiger partial charge in [-0.1, -0.05) is 18.0 Å². The Labute approximate surface area is 95.0 Å². The molecule has 0 unspecified atom stereocenters. The summed E-state index contributed by atoms with van der Waals surface area (Å²) in [7, 11) is 1.91. The van der Waals surface area contributed by atoms with Gasteiger partial charge >= 0.3 is 0 Å². The summed E-state index contributed by atoms with van der Waals surface area (Å²) in [6.45, 7) is 2.17. The highest BCUT2D eigenvalue weighted by molar-refractivity contribution is 6.31. The lowest BCUT2D eigenvalue weighted by Gasteiger charge is -2.40. The quantitative estimate of drug-likeness (QED) is 0.861. The Kier molecular flexibility index (Phi) is 2.77. The molecule has 4 heteroatoms. The third-order valence-corrected chi connectivity index (χ3v) is 4.05. The molecule has 0 aromatic carbocycles. The van der Waals surface area contributed by atoms with E-state index in [1.807, 2.05) is 18.7 Å². The van der Waals surface area contributed by atoms with E-state index in [0.29, 0.717) is 0 Å². The summed E-state index contributed by atoms with van der Waals surface area (Å²) in [5.74, 6) is 0. The molecule has 1 aromatic rings. The zero-order chi connectivity index (χ0) is 11.1. The SMILES string of the molecule is Cc1nn(C)c(CC2(CO)CCC2)c1Cl. The van der Waals surface area contributed by atoms with Crippen LogP contribution in [0.2, 0.25) is 5.02 Å². The number of halogens is 1. The zero-order valence-corrected chi connectivity index (χ0v) is 10.0. The highest BCUT2D eigenvalue weighted by Crippen LogP contribution is 2.44. The Bertz CT molecular complexity index is 363. The van der Waals surface area contributed by atoms with Gasteiger partial charge in [-0.05, 0) is 31.6 Å². The molecular formula is C11H17ClN2O. The predicted octanol–water partition coefficient (Wildman–Crippen LogP) is 2.09. The van der Waals surface area contributed by atoms with Crippen molar-refractivity contribution in [3.63, 3.8) is 0 Å². The summed E-state index contributed by atoms with van der Waals surface area (Å²) >= 11 is 6.19. The van der Waals surface area contributed by atoms with Gasteiger partial charge in [0, 0.05) is 13.7 Å². The largest absolute Gasteiger partial charge is 0.396 e. The second-order valence-electron chi connectivity index (χ2n) is 4.66. The number of aryl methyl sites for hydroxylation is 2. The van der Waals surface area contributed by atoms with Crippen molar-refractivity contribution in [3.8, 4) is 0 Å². The number of hydrogen-bond acceptors (Lipinski definition) is 2. The number of aromatic nitrogens is 2. The highest BCUT2D eigenvalue weighted by Gasteiger charge is 2.37. The van der Waals surface area contributed by atoms with Gasteiger partial charge in [-0.2, -0.15) is 5.10 Å². The molecule has 1 aliphatic carbocycles. The van der Waals surface area contributed by atoms with Gasteiger partial charge in [-0.3, -0.25) is 4.68 Å². The van der Waals surface area contributed by atoms with Crippen molar-refractivity contribution in [2.45, 2.75) is 32.6 Å². The standard InChI is InChI=1S/C11H17ClN2O/c1-8-10(12)9(14(2)13-8)6-11(7-15)4-3-5-11/h15H,3-7H2,1-2H3. The molecule has 1 N–H and O–H groups in total. The zero-order valence-electron chi connectivity index (χ0n) is 9.26. The minimum Gasteiger partial charge on any atom is -0.396 e. The summed E-state index contributed by atoms with van der Waals surface area (Å²) in [5.41, 5.74) is 2.01. The molecule has 0 spiro atoms. The van der Waals surface area contributed by atoms with E-state index in [-0.39, 0.29) is 12.0 Å². The maximum absolute atomic E-state index is 9.41. The first kappa shape index (κ1) is 11.0. The van der Waals surface area contributed by atoms with E-state index < -0.39 is 0 Å². The monoisotopic (exact) mass is 228 g/mol. The van der Waals surface area contributed by atoms with Gasteiger partial charge in [0.2, 0.25) is 0 Å². The molecule has 0 aliphatic heterocycles. The van der Waals surface area contributed by atoms with Gasteiger partial charge in [0.25, 0.3) is 0 Å². The van der Waals surface area contributed by atoms with E-state index in [1.165, 1.54) is 6.42 Å². The Morgan fingerprint density at radius 3 is 2.53 bits per heavy atom. The van der Waals surface area contributed by atoms with Crippen LogP contribution in [-0.2, 0) is 13.5 Å². The normalized spacial score (nSPS) is 18.9. The molecule has 1 aliphatic rings. The Morgan fingerprint density at radius 2 is 2.20 bits per heavy atom. The number of hydrogen-bond donors (Lipinski definition) is 1. The molecule has 84 valence electrons. The minimum atomic E-state index is 0.0733. The summed E-state index contributed by atoms with van der Waals surface area (Å²) in [6, 6.07) is 0. The van der Waals surface area contributed by atoms with E-state index >= 15 is 0 Å². The first-order valence-corrected chi connectivity index (χ1v) is 5.75. The lowest BCUT2D eigenvalue weighted by atomic mass is 9.66. The van der Waals surface area contributed by atoms with Gasteiger partial charge in [-0.25, -0.2) is 0 Å². The molecule has 0 atom stereocenters. The molecular weight excluding hydrogens is 212 g/mol. The van der Waals surface area contributed by atoms with Crippen LogP contribution in [0.1, 0.15) is 30.7 Å². The number of aliphatic hydroxyl groups is 1. The lowest BCUT2D eigenvalue weighted by Crippen LogP contribution is -2.36. The maximum Gasteiger partial charge on any atom is 0.0847 e. The van der Waals surface area contributed by atoms with E-state index in [1.54, 1.807) is 0 Å².